The smallest absolute Gasteiger partial charge is 0.767 e. The van der Waals surface area contributed by atoms with Crippen LogP contribution in [0.3, 0.4) is 0 Å². The van der Waals surface area contributed by atoms with Gasteiger partial charge in [-0.2, -0.15) is 0 Å². The molecule has 0 saturated heterocycles. The largest absolute Gasteiger partial charge is 1.00 e. The monoisotopic (exact) mass is 178 g/mol. The summed E-state index contributed by atoms with van der Waals surface area (Å²) < 4.78 is 22.8. The summed E-state index contributed by atoms with van der Waals surface area (Å²) in [5.41, 5.74) is 0. The Balaban J connectivity index is 0.000000720. The van der Waals surface area contributed by atoms with E-state index in [-0.39, 0.29) is 18.9 Å². The summed E-state index contributed by atoms with van der Waals surface area (Å²) in [6, 6.07) is 0.380. The van der Waals surface area contributed by atoms with Crippen molar-refractivity contribution in [3.8, 4) is 0 Å². The van der Waals surface area contributed by atoms with Crippen LogP contribution in [0.25, 0.3) is 0 Å². The summed E-state index contributed by atoms with van der Waals surface area (Å²) in [4.78, 5) is 3.77. The van der Waals surface area contributed by atoms with Crippen LogP contribution in [0.15, 0.2) is 17.6 Å². The van der Waals surface area contributed by atoms with E-state index in [9.17, 15) is 8.76 Å². The summed E-state index contributed by atoms with van der Waals surface area (Å²) in [7, 11) is 0. The number of imidazole rings is 1. The molecule has 6 heteroatoms. The zero-order valence-corrected chi connectivity index (χ0v) is 7.58. The van der Waals surface area contributed by atoms with Crippen molar-refractivity contribution >= 4 is 11.1 Å². The minimum atomic E-state index is -2.14. The van der Waals surface area contributed by atoms with Crippen LogP contribution < -0.4 is 18.9 Å². The van der Waals surface area contributed by atoms with E-state index in [0.29, 0.717) is 11.1 Å². The first-order valence-electron chi connectivity index (χ1n) is 3.40. The van der Waals surface area contributed by atoms with Gasteiger partial charge in [-0.1, -0.05) is 0 Å². The van der Waals surface area contributed by atoms with Crippen molar-refractivity contribution in [2.75, 3.05) is 0 Å². The summed E-state index contributed by atoms with van der Waals surface area (Å²) in [6.07, 6.45) is 5.09. The van der Waals surface area contributed by atoms with Crippen LogP contribution in [0.1, 0.15) is 18.9 Å². The fraction of sp³-hybridized carbons (Fsp3) is 0.500. The molecule has 0 aliphatic heterocycles. The number of nitrogens with zero attached hydrogens (tertiary/aromatic N) is 2. The molecule has 0 amide bonds. The van der Waals surface area contributed by atoms with E-state index in [2.05, 4.69) is 4.98 Å². The molecule has 1 fully saturated rings. The SMILES string of the molecule is O=S([O-])c1cncn1C1CC1.[Li+]. The number of rotatable bonds is 2. The number of aromatic nitrogens is 2. The zero-order valence-electron chi connectivity index (χ0n) is 6.77. The van der Waals surface area contributed by atoms with Gasteiger partial charge >= 0.3 is 18.9 Å². The molecular weight excluding hydrogens is 171 g/mol. The first kappa shape index (κ1) is 10.0. The predicted molar refractivity (Wildman–Crippen MR) is 37.7 cm³/mol. The van der Waals surface area contributed by atoms with Crippen LogP contribution in [0.2, 0.25) is 0 Å². The molecule has 0 aromatic carbocycles. The average Bonchev–Trinajstić information content (AvgIpc) is 2.68. The van der Waals surface area contributed by atoms with Gasteiger partial charge in [0.25, 0.3) is 0 Å². The van der Waals surface area contributed by atoms with Gasteiger partial charge in [0, 0.05) is 6.04 Å². The molecular formula is C6H7LiN2O2S. The molecule has 12 heavy (non-hydrogen) atoms. The Morgan fingerprint density at radius 1 is 1.67 bits per heavy atom. The Labute approximate surface area is 84.8 Å². The Kier molecular flexibility index (Phi) is 3.13. The van der Waals surface area contributed by atoms with Crippen LogP contribution in [0.4, 0.5) is 0 Å². The predicted octanol–water partition coefficient (Wildman–Crippen LogP) is -2.54. The second kappa shape index (κ2) is 3.75. The number of hydrogen-bond acceptors (Lipinski definition) is 3. The van der Waals surface area contributed by atoms with Crippen molar-refractivity contribution in [1.82, 2.24) is 9.55 Å². The van der Waals surface area contributed by atoms with Gasteiger partial charge in [-0.3, -0.25) is 4.21 Å². The molecule has 1 aromatic rings. The average molecular weight is 178 g/mol. The fourth-order valence-electron chi connectivity index (χ4n) is 1.05. The summed E-state index contributed by atoms with van der Waals surface area (Å²) in [5, 5.41) is 0.299. The van der Waals surface area contributed by atoms with Crippen molar-refractivity contribution in [3.63, 3.8) is 0 Å². The molecule has 1 aliphatic carbocycles. The summed E-state index contributed by atoms with van der Waals surface area (Å²) in [6.45, 7) is 0. The molecule has 4 nitrogen and oxygen atoms in total. The molecule has 0 bridgehead atoms. The molecule has 0 radical (unpaired) electrons. The van der Waals surface area contributed by atoms with Crippen LogP contribution in [-0.4, -0.2) is 18.3 Å². The van der Waals surface area contributed by atoms with E-state index >= 15 is 0 Å². The molecule has 2 rings (SSSR count). The van der Waals surface area contributed by atoms with E-state index in [0.717, 1.165) is 12.8 Å². The van der Waals surface area contributed by atoms with Crippen molar-refractivity contribution in [3.05, 3.63) is 12.5 Å². The molecule has 1 atom stereocenters. The van der Waals surface area contributed by atoms with E-state index in [1.165, 1.54) is 6.20 Å². The Bertz CT molecular complexity index is 297. The van der Waals surface area contributed by atoms with Gasteiger partial charge in [0.05, 0.1) is 12.5 Å². The molecule has 1 saturated carbocycles. The summed E-state index contributed by atoms with van der Waals surface area (Å²) >= 11 is -2.14. The van der Waals surface area contributed by atoms with Crippen molar-refractivity contribution < 1.29 is 27.6 Å². The first-order chi connectivity index (χ1) is 5.29. The Hall–Kier alpha value is -0.0826. The Morgan fingerprint density at radius 3 is 2.83 bits per heavy atom. The maximum absolute atomic E-state index is 10.6. The van der Waals surface area contributed by atoms with E-state index < -0.39 is 11.1 Å². The van der Waals surface area contributed by atoms with Crippen molar-refractivity contribution in [2.24, 2.45) is 0 Å². The first-order valence-corrected chi connectivity index (χ1v) is 4.47. The van der Waals surface area contributed by atoms with Gasteiger partial charge < -0.3 is 9.12 Å². The van der Waals surface area contributed by atoms with Crippen LogP contribution in [-0.2, 0) is 11.1 Å². The maximum atomic E-state index is 10.6. The van der Waals surface area contributed by atoms with Crippen LogP contribution in [0.5, 0.6) is 0 Å². The third kappa shape index (κ3) is 1.80. The molecule has 0 N–H and O–H groups in total. The molecule has 60 valence electrons. The zero-order chi connectivity index (χ0) is 7.84. The molecule has 0 spiro atoms. The topological polar surface area (TPSA) is 57.9 Å². The Morgan fingerprint density at radius 2 is 2.33 bits per heavy atom. The van der Waals surface area contributed by atoms with Crippen LogP contribution >= 0.6 is 0 Å². The quantitative estimate of drug-likeness (QED) is 0.370. The summed E-state index contributed by atoms with van der Waals surface area (Å²) in [5.74, 6) is 0. The van der Waals surface area contributed by atoms with Gasteiger partial charge in [0.1, 0.15) is 5.03 Å². The third-order valence-corrected chi connectivity index (χ3v) is 2.40. The minimum absolute atomic E-state index is 0. The van der Waals surface area contributed by atoms with Gasteiger partial charge in [-0.25, -0.2) is 4.98 Å². The normalized spacial score (nSPS) is 18.4. The minimum Gasteiger partial charge on any atom is -0.767 e. The van der Waals surface area contributed by atoms with E-state index in [4.69, 9.17) is 0 Å². The van der Waals surface area contributed by atoms with Gasteiger partial charge in [0.2, 0.25) is 0 Å². The molecule has 1 aliphatic rings. The van der Waals surface area contributed by atoms with Gasteiger partial charge in [-0.05, 0) is 23.9 Å². The number of hydrogen-bond donors (Lipinski definition) is 0. The molecule has 1 unspecified atom stereocenters. The van der Waals surface area contributed by atoms with Gasteiger partial charge in [0.15, 0.2) is 0 Å². The fourth-order valence-corrected chi connectivity index (χ4v) is 1.56. The molecule has 1 heterocycles. The molecule has 1 aromatic heterocycles. The van der Waals surface area contributed by atoms with E-state index in [1.54, 1.807) is 10.9 Å². The second-order valence-corrected chi connectivity index (χ2v) is 3.49. The standard InChI is InChI=1S/C6H8N2O2S.Li/c9-11(10)6-3-7-4-8(6)5-1-2-5;/h3-5H,1-2H2,(H,9,10);/q;+1/p-1. The van der Waals surface area contributed by atoms with Crippen LogP contribution in [0, 0.1) is 0 Å². The van der Waals surface area contributed by atoms with Crippen molar-refractivity contribution in [1.29, 1.82) is 0 Å². The third-order valence-electron chi connectivity index (χ3n) is 1.74. The second-order valence-electron chi connectivity index (χ2n) is 2.61. The van der Waals surface area contributed by atoms with Crippen molar-refractivity contribution in [2.45, 2.75) is 23.9 Å². The van der Waals surface area contributed by atoms with Gasteiger partial charge in [-0.15, -0.1) is 0 Å². The maximum Gasteiger partial charge on any atom is 1.00 e. The van der Waals surface area contributed by atoms with E-state index in [1.807, 2.05) is 0 Å².